The molecule has 0 aliphatic carbocycles. The lowest BCUT2D eigenvalue weighted by Crippen LogP contribution is -2.33. The van der Waals surface area contributed by atoms with Gasteiger partial charge in [-0.2, -0.15) is 0 Å². The maximum Gasteiger partial charge on any atom is 0.187 e. The average Bonchev–Trinajstić information content (AvgIpc) is 2.49. The highest BCUT2D eigenvalue weighted by Gasteiger charge is 2.11. The monoisotopic (exact) mass is 322 g/mol. The molecule has 0 bridgehead atoms. The highest BCUT2D eigenvalue weighted by atomic mass is 32.2. The molecular weight excluding hydrogens is 294 g/mol. The summed E-state index contributed by atoms with van der Waals surface area (Å²) in [4.78, 5) is 0.392. The van der Waals surface area contributed by atoms with E-state index in [0.717, 1.165) is 25.8 Å². The van der Waals surface area contributed by atoms with Crippen LogP contribution in [0.1, 0.15) is 58.3 Å². The molecule has 0 radical (unpaired) electrons. The van der Waals surface area contributed by atoms with Gasteiger partial charge in [-0.05, 0) is 18.9 Å². The molecule has 1 aromatic rings. The second-order valence-electron chi connectivity index (χ2n) is 5.63. The molecule has 0 saturated heterocycles. The van der Waals surface area contributed by atoms with E-state index in [4.69, 9.17) is 0 Å². The fourth-order valence-corrected chi connectivity index (χ4v) is 2.94. The molecule has 0 aromatic carbocycles. The smallest absolute Gasteiger partial charge is 0.187 e. The molecule has 0 aliphatic rings. The second-order valence-corrected chi connectivity index (χ2v) is 7.64. The van der Waals surface area contributed by atoms with Crippen LogP contribution in [0.3, 0.4) is 0 Å². The molecule has 3 nitrogen and oxygen atoms in total. The van der Waals surface area contributed by atoms with Crippen molar-refractivity contribution < 1.29 is 13.0 Å². The van der Waals surface area contributed by atoms with E-state index in [1.807, 2.05) is 10.8 Å². The molecule has 0 spiro atoms. The van der Waals surface area contributed by atoms with Gasteiger partial charge in [-0.1, -0.05) is 26.2 Å². The molecule has 122 valence electrons. The second kappa shape index (κ2) is 10.4. The number of aromatic nitrogens is 1. The molecular formula is C18H28NO2S+. The van der Waals surface area contributed by atoms with Crippen LogP contribution < -0.4 is 4.57 Å². The quantitative estimate of drug-likeness (QED) is 0.396. The van der Waals surface area contributed by atoms with Crippen LogP contribution >= 0.6 is 0 Å². The van der Waals surface area contributed by atoms with Crippen molar-refractivity contribution in [1.29, 1.82) is 0 Å². The molecule has 0 aliphatic heterocycles. The molecule has 0 amide bonds. The summed E-state index contributed by atoms with van der Waals surface area (Å²) < 4.78 is 25.0. The Morgan fingerprint density at radius 2 is 1.73 bits per heavy atom. The van der Waals surface area contributed by atoms with Gasteiger partial charge in [0.25, 0.3) is 0 Å². The predicted molar refractivity (Wildman–Crippen MR) is 90.1 cm³/mol. The van der Waals surface area contributed by atoms with Crippen LogP contribution in [0.4, 0.5) is 0 Å². The molecule has 0 N–H and O–H groups in total. The highest BCUT2D eigenvalue weighted by molar-refractivity contribution is 7.90. The van der Waals surface area contributed by atoms with E-state index in [9.17, 15) is 8.42 Å². The lowest BCUT2D eigenvalue weighted by molar-refractivity contribution is -0.699. The minimum Gasteiger partial charge on any atom is -0.224 e. The molecule has 4 heteroatoms. The summed E-state index contributed by atoms with van der Waals surface area (Å²) in [6, 6.07) is 3.45. The van der Waals surface area contributed by atoms with E-state index in [1.54, 1.807) is 18.3 Å². The number of sulfone groups is 1. The maximum absolute atomic E-state index is 11.5. The van der Waals surface area contributed by atoms with Gasteiger partial charge in [0.2, 0.25) is 0 Å². The van der Waals surface area contributed by atoms with Crippen molar-refractivity contribution in [3.63, 3.8) is 0 Å². The number of pyridine rings is 1. The first-order valence-corrected chi connectivity index (χ1v) is 10.1. The van der Waals surface area contributed by atoms with Gasteiger partial charge in [0, 0.05) is 31.6 Å². The van der Waals surface area contributed by atoms with Crippen LogP contribution in [0.5, 0.6) is 0 Å². The average molecular weight is 322 g/mol. The van der Waals surface area contributed by atoms with Crippen molar-refractivity contribution in [2.24, 2.45) is 0 Å². The first-order chi connectivity index (χ1) is 10.5. The Bertz CT molecular complexity index is 597. The summed E-state index contributed by atoms with van der Waals surface area (Å²) in [5.41, 5.74) is 0. The maximum atomic E-state index is 11.5. The molecule has 0 atom stereocenters. The zero-order chi connectivity index (χ0) is 16.3. The van der Waals surface area contributed by atoms with Crippen LogP contribution in [0.15, 0.2) is 29.4 Å². The Balaban J connectivity index is 2.15. The number of hydrogen-bond acceptors (Lipinski definition) is 2. The summed E-state index contributed by atoms with van der Waals surface area (Å²) in [5, 5.41) is 0. The number of hydrogen-bond donors (Lipinski definition) is 0. The minimum atomic E-state index is -3.11. The first kappa shape index (κ1) is 18.7. The summed E-state index contributed by atoms with van der Waals surface area (Å²) in [6.07, 6.45) is 14.1. The third kappa shape index (κ3) is 8.19. The van der Waals surface area contributed by atoms with Crippen LogP contribution in [0.25, 0.3) is 0 Å². The topological polar surface area (TPSA) is 38.0 Å². The molecule has 0 fully saturated rings. The Labute approximate surface area is 135 Å². The third-order valence-corrected chi connectivity index (χ3v) is 4.63. The Morgan fingerprint density at radius 1 is 1.05 bits per heavy atom. The number of unbranched alkanes of at least 4 members (excludes halogenated alkanes) is 6. The molecule has 1 rings (SSSR count). The molecule has 0 saturated carbocycles. The van der Waals surface area contributed by atoms with Gasteiger partial charge in [0.05, 0.1) is 0 Å². The van der Waals surface area contributed by atoms with Gasteiger partial charge in [-0.25, -0.2) is 13.0 Å². The molecule has 1 heterocycles. The molecule has 22 heavy (non-hydrogen) atoms. The number of nitrogens with zero attached hydrogens (tertiary/aromatic N) is 1. The normalized spacial score (nSPS) is 11.0. The minimum absolute atomic E-state index is 0.392. The van der Waals surface area contributed by atoms with Crippen LogP contribution in [0.2, 0.25) is 0 Å². The molecule has 1 aromatic heterocycles. The Kier molecular flexibility index (Phi) is 8.84. The summed E-state index contributed by atoms with van der Waals surface area (Å²) in [6.45, 7) is 2.96. The third-order valence-electron chi connectivity index (χ3n) is 3.53. The first-order valence-electron chi connectivity index (χ1n) is 8.19. The standard InChI is InChI=1S/C18H28NO2S/c1-3-4-5-6-7-8-9-10-11-12-15-19-16-13-14-18(17-19)22(2,20)21/h13-14,16-17H,3,6-12,15H2,1-2H3/q+1. The SMILES string of the molecule is CCC#CCCCCCCCC[n+]1cccc(S(C)(=O)=O)c1. The van der Waals surface area contributed by atoms with Crippen molar-refractivity contribution in [2.45, 2.75) is 69.7 Å². The molecule has 0 unspecified atom stereocenters. The van der Waals surface area contributed by atoms with Crippen molar-refractivity contribution >= 4 is 9.84 Å². The zero-order valence-electron chi connectivity index (χ0n) is 13.8. The Hall–Kier alpha value is -1.34. The van der Waals surface area contributed by atoms with Gasteiger partial charge < -0.3 is 0 Å². The van der Waals surface area contributed by atoms with Gasteiger partial charge in [0.1, 0.15) is 11.4 Å². The van der Waals surface area contributed by atoms with Crippen LogP contribution in [0, 0.1) is 11.8 Å². The summed E-state index contributed by atoms with van der Waals surface area (Å²) in [7, 11) is -3.11. The highest BCUT2D eigenvalue weighted by Crippen LogP contribution is 2.07. The van der Waals surface area contributed by atoms with E-state index in [0.29, 0.717) is 4.90 Å². The van der Waals surface area contributed by atoms with E-state index < -0.39 is 9.84 Å². The fraction of sp³-hybridized carbons (Fsp3) is 0.611. The Morgan fingerprint density at radius 3 is 2.41 bits per heavy atom. The summed E-state index contributed by atoms with van der Waals surface area (Å²) >= 11 is 0. The van der Waals surface area contributed by atoms with Gasteiger partial charge >= 0.3 is 0 Å². The van der Waals surface area contributed by atoms with Crippen molar-refractivity contribution in [3.05, 3.63) is 24.5 Å². The van der Waals surface area contributed by atoms with Crippen LogP contribution in [-0.4, -0.2) is 14.7 Å². The largest absolute Gasteiger partial charge is 0.224 e. The van der Waals surface area contributed by atoms with Crippen LogP contribution in [-0.2, 0) is 16.4 Å². The van der Waals surface area contributed by atoms with E-state index in [-0.39, 0.29) is 0 Å². The zero-order valence-corrected chi connectivity index (χ0v) is 14.7. The van der Waals surface area contributed by atoms with Crippen molar-refractivity contribution in [1.82, 2.24) is 0 Å². The fourth-order valence-electron chi connectivity index (χ4n) is 2.28. The van der Waals surface area contributed by atoms with Gasteiger partial charge in [0.15, 0.2) is 22.2 Å². The van der Waals surface area contributed by atoms with E-state index in [1.165, 1.54) is 38.4 Å². The van der Waals surface area contributed by atoms with Gasteiger partial charge in [-0.3, -0.25) is 0 Å². The predicted octanol–water partition coefficient (Wildman–Crippen LogP) is 3.52. The number of aryl methyl sites for hydroxylation is 1. The lowest BCUT2D eigenvalue weighted by Gasteiger charge is -2.01. The number of rotatable bonds is 9. The van der Waals surface area contributed by atoms with Crippen molar-refractivity contribution in [3.8, 4) is 11.8 Å². The van der Waals surface area contributed by atoms with Gasteiger partial charge in [-0.15, -0.1) is 11.8 Å². The van der Waals surface area contributed by atoms with E-state index >= 15 is 0 Å². The summed E-state index contributed by atoms with van der Waals surface area (Å²) in [5.74, 6) is 6.27. The lowest BCUT2D eigenvalue weighted by atomic mass is 10.1. The van der Waals surface area contributed by atoms with E-state index in [2.05, 4.69) is 18.8 Å². The van der Waals surface area contributed by atoms with Crippen molar-refractivity contribution in [2.75, 3.05) is 6.26 Å².